The van der Waals surface area contributed by atoms with Crippen LogP contribution in [-0.4, -0.2) is 15.4 Å². The van der Waals surface area contributed by atoms with E-state index in [1.807, 2.05) is 6.92 Å². The maximum absolute atomic E-state index is 11.8. The van der Waals surface area contributed by atoms with E-state index in [4.69, 9.17) is 11.6 Å². The first-order valence-corrected chi connectivity index (χ1v) is 7.05. The van der Waals surface area contributed by atoms with Gasteiger partial charge in [0.05, 0.1) is 15.6 Å². The number of halogens is 2. The van der Waals surface area contributed by atoms with Crippen LogP contribution in [0.4, 0.5) is 0 Å². The van der Waals surface area contributed by atoms with Crippen molar-refractivity contribution < 1.29 is 0 Å². The number of alkyl halides is 1. The summed E-state index contributed by atoms with van der Waals surface area (Å²) in [6.07, 6.45) is 5.96. The number of aryl methyl sites for hydroxylation is 2. The zero-order valence-corrected chi connectivity index (χ0v) is 12.3. The molecule has 0 aromatic carbocycles. The second kappa shape index (κ2) is 7.27. The first-order valence-electron chi connectivity index (χ1n) is 5.44. The van der Waals surface area contributed by atoms with Gasteiger partial charge in [-0.3, -0.25) is 9.36 Å². The molecule has 90 valence electrons. The molecule has 0 atom stereocenters. The Kier molecular flexibility index (Phi) is 6.34. The Morgan fingerprint density at radius 2 is 2.06 bits per heavy atom. The van der Waals surface area contributed by atoms with Crippen molar-refractivity contribution in [3.05, 3.63) is 25.9 Å². The standard InChI is InChI=1S/C11H16ClIN2O/c1-9-10(13)11(16)15(8-14-9)7-5-3-2-4-6-12/h8H,2-7H2,1H3. The molecule has 0 saturated carbocycles. The number of nitrogens with zero attached hydrogens (tertiary/aromatic N) is 2. The summed E-state index contributed by atoms with van der Waals surface area (Å²) in [6, 6.07) is 0. The van der Waals surface area contributed by atoms with Gasteiger partial charge in [0.15, 0.2) is 0 Å². The molecule has 0 radical (unpaired) electrons. The van der Waals surface area contributed by atoms with Gasteiger partial charge in [0, 0.05) is 12.4 Å². The smallest absolute Gasteiger partial charge is 0.266 e. The highest BCUT2D eigenvalue weighted by atomic mass is 127. The molecule has 0 bridgehead atoms. The lowest BCUT2D eigenvalue weighted by atomic mass is 10.2. The maximum Gasteiger partial charge on any atom is 0.266 e. The van der Waals surface area contributed by atoms with Crippen molar-refractivity contribution in [3.63, 3.8) is 0 Å². The van der Waals surface area contributed by atoms with E-state index in [-0.39, 0.29) is 5.56 Å². The average molecular weight is 355 g/mol. The van der Waals surface area contributed by atoms with Gasteiger partial charge in [0.1, 0.15) is 0 Å². The van der Waals surface area contributed by atoms with E-state index < -0.39 is 0 Å². The maximum atomic E-state index is 11.8. The van der Waals surface area contributed by atoms with Crippen molar-refractivity contribution in [2.45, 2.75) is 39.2 Å². The summed E-state index contributed by atoms with van der Waals surface area (Å²) in [6.45, 7) is 2.61. The molecule has 0 saturated heterocycles. The molecule has 0 amide bonds. The van der Waals surface area contributed by atoms with E-state index in [1.54, 1.807) is 10.9 Å². The minimum Gasteiger partial charge on any atom is -0.298 e. The zero-order valence-electron chi connectivity index (χ0n) is 9.38. The number of unbranched alkanes of at least 4 members (excludes halogenated alkanes) is 3. The van der Waals surface area contributed by atoms with Crippen molar-refractivity contribution in [1.29, 1.82) is 0 Å². The molecule has 0 aliphatic rings. The predicted octanol–water partition coefficient (Wildman–Crippen LogP) is 2.96. The summed E-state index contributed by atoms with van der Waals surface area (Å²) < 4.78 is 2.41. The number of rotatable bonds is 6. The van der Waals surface area contributed by atoms with Crippen LogP contribution in [0.2, 0.25) is 0 Å². The average Bonchev–Trinajstić information content (AvgIpc) is 2.28. The Labute approximate surface area is 114 Å². The molecule has 1 aromatic rings. The molecule has 1 rings (SSSR count). The Hall–Kier alpha value is -0.100. The minimum atomic E-state index is 0.0745. The van der Waals surface area contributed by atoms with E-state index in [1.165, 1.54) is 0 Å². The van der Waals surface area contributed by atoms with Crippen LogP contribution in [0.1, 0.15) is 31.4 Å². The molecule has 5 heteroatoms. The second-order valence-electron chi connectivity index (χ2n) is 3.75. The Balaban J connectivity index is 2.49. The van der Waals surface area contributed by atoms with Gasteiger partial charge in [-0.05, 0) is 42.4 Å². The molecule has 3 nitrogen and oxygen atoms in total. The number of hydrogen-bond donors (Lipinski definition) is 0. The third kappa shape index (κ3) is 4.05. The highest BCUT2D eigenvalue weighted by Crippen LogP contribution is 2.04. The lowest BCUT2D eigenvalue weighted by Gasteiger charge is -2.06. The molecule has 0 aliphatic carbocycles. The van der Waals surface area contributed by atoms with Crippen LogP contribution in [-0.2, 0) is 6.54 Å². The van der Waals surface area contributed by atoms with E-state index in [0.717, 1.165) is 47.4 Å². The van der Waals surface area contributed by atoms with Gasteiger partial charge in [-0.1, -0.05) is 12.8 Å². The lowest BCUT2D eigenvalue weighted by molar-refractivity contribution is 0.562. The fraction of sp³-hybridized carbons (Fsp3) is 0.636. The first-order chi connectivity index (χ1) is 7.66. The van der Waals surface area contributed by atoms with Crippen LogP contribution in [0.25, 0.3) is 0 Å². The normalized spacial score (nSPS) is 10.7. The van der Waals surface area contributed by atoms with Crippen LogP contribution < -0.4 is 5.56 Å². The molecule has 0 fully saturated rings. The lowest BCUT2D eigenvalue weighted by Crippen LogP contribution is -2.24. The van der Waals surface area contributed by atoms with Crippen molar-refractivity contribution in [2.24, 2.45) is 0 Å². The van der Waals surface area contributed by atoms with Crippen molar-refractivity contribution in [1.82, 2.24) is 9.55 Å². The minimum absolute atomic E-state index is 0.0745. The van der Waals surface area contributed by atoms with E-state index in [0.29, 0.717) is 0 Å². The predicted molar refractivity (Wildman–Crippen MR) is 75.1 cm³/mol. The summed E-state index contributed by atoms with van der Waals surface area (Å²) >= 11 is 7.65. The van der Waals surface area contributed by atoms with Gasteiger partial charge >= 0.3 is 0 Å². The Morgan fingerprint density at radius 3 is 2.75 bits per heavy atom. The van der Waals surface area contributed by atoms with E-state index in [9.17, 15) is 4.79 Å². The van der Waals surface area contributed by atoms with Crippen LogP contribution in [0.15, 0.2) is 11.1 Å². The molecule has 1 heterocycles. The Bertz CT molecular complexity index is 392. The first kappa shape index (κ1) is 14.0. The third-order valence-electron chi connectivity index (χ3n) is 2.44. The van der Waals surface area contributed by atoms with Crippen molar-refractivity contribution in [2.75, 3.05) is 5.88 Å². The molecule has 1 aromatic heterocycles. The highest BCUT2D eigenvalue weighted by Gasteiger charge is 2.04. The number of hydrogen-bond acceptors (Lipinski definition) is 2. The third-order valence-corrected chi connectivity index (χ3v) is 3.95. The van der Waals surface area contributed by atoms with E-state index in [2.05, 4.69) is 27.6 Å². The molecular weight excluding hydrogens is 338 g/mol. The molecule has 0 N–H and O–H groups in total. The largest absolute Gasteiger partial charge is 0.298 e. The van der Waals surface area contributed by atoms with Crippen LogP contribution in [0.5, 0.6) is 0 Å². The summed E-state index contributed by atoms with van der Waals surface area (Å²) in [5.41, 5.74) is 0.884. The number of aromatic nitrogens is 2. The second-order valence-corrected chi connectivity index (χ2v) is 5.20. The zero-order chi connectivity index (χ0) is 12.0. The van der Waals surface area contributed by atoms with Crippen LogP contribution in [0.3, 0.4) is 0 Å². The fourth-order valence-corrected chi connectivity index (χ4v) is 2.07. The summed E-state index contributed by atoms with van der Waals surface area (Å²) in [5, 5.41) is 0. The highest BCUT2D eigenvalue weighted by molar-refractivity contribution is 14.1. The van der Waals surface area contributed by atoms with Gasteiger partial charge < -0.3 is 0 Å². The van der Waals surface area contributed by atoms with Crippen LogP contribution >= 0.6 is 34.2 Å². The summed E-state index contributed by atoms with van der Waals surface area (Å²) in [5.74, 6) is 0.726. The van der Waals surface area contributed by atoms with Crippen molar-refractivity contribution >= 4 is 34.2 Å². The van der Waals surface area contributed by atoms with Crippen molar-refractivity contribution in [3.8, 4) is 0 Å². The fourth-order valence-electron chi connectivity index (χ4n) is 1.44. The molecule has 0 spiro atoms. The summed E-state index contributed by atoms with van der Waals surface area (Å²) in [7, 11) is 0. The Morgan fingerprint density at radius 1 is 1.38 bits per heavy atom. The SMILES string of the molecule is Cc1ncn(CCCCCCCl)c(=O)c1I. The monoisotopic (exact) mass is 354 g/mol. The molecule has 16 heavy (non-hydrogen) atoms. The van der Waals surface area contributed by atoms with Gasteiger partial charge in [0.2, 0.25) is 0 Å². The molecule has 0 unspecified atom stereocenters. The van der Waals surface area contributed by atoms with Gasteiger partial charge in [0.25, 0.3) is 5.56 Å². The summed E-state index contributed by atoms with van der Waals surface area (Å²) in [4.78, 5) is 16.0. The van der Waals surface area contributed by atoms with Gasteiger partial charge in [-0.25, -0.2) is 4.98 Å². The van der Waals surface area contributed by atoms with Crippen LogP contribution in [0, 0.1) is 10.5 Å². The quantitative estimate of drug-likeness (QED) is 0.447. The van der Waals surface area contributed by atoms with Gasteiger partial charge in [-0.15, -0.1) is 11.6 Å². The van der Waals surface area contributed by atoms with E-state index >= 15 is 0 Å². The molecular formula is C11H16ClIN2O. The van der Waals surface area contributed by atoms with Gasteiger partial charge in [-0.2, -0.15) is 0 Å². The molecule has 0 aliphatic heterocycles. The topological polar surface area (TPSA) is 34.9 Å².